The summed E-state index contributed by atoms with van der Waals surface area (Å²) in [6, 6.07) is 2.92. The largest absolute Gasteiger partial charge is 0.479 e. The summed E-state index contributed by atoms with van der Waals surface area (Å²) >= 11 is 7.21. The van der Waals surface area contributed by atoms with Crippen molar-refractivity contribution in [2.45, 2.75) is 30.7 Å². The van der Waals surface area contributed by atoms with Gasteiger partial charge in [0, 0.05) is 0 Å². The van der Waals surface area contributed by atoms with Gasteiger partial charge in [-0.1, -0.05) is 25.4 Å². The number of aliphatic imine (C=N–C) groups is 1. The third-order valence-corrected chi connectivity index (χ3v) is 5.21. The highest BCUT2D eigenvalue weighted by Crippen LogP contribution is 2.49. The first-order valence-electron chi connectivity index (χ1n) is 6.61. The molecule has 7 heteroatoms. The van der Waals surface area contributed by atoms with E-state index in [0.29, 0.717) is 16.5 Å². The molecular formula is C14H14ClFN2O2S. The third-order valence-electron chi connectivity index (χ3n) is 3.62. The summed E-state index contributed by atoms with van der Waals surface area (Å²) in [6.07, 6.45) is 0.465. The van der Waals surface area contributed by atoms with Crippen LogP contribution < -0.4 is 4.90 Å². The number of thioether (sulfide) groups is 1. The molecule has 0 amide bonds. The Bertz CT molecular complexity index is 665. The molecule has 0 saturated carbocycles. The van der Waals surface area contributed by atoms with E-state index in [9.17, 15) is 14.3 Å². The molecule has 2 aliphatic heterocycles. The molecule has 0 radical (unpaired) electrons. The number of carboxylic acids is 1. The van der Waals surface area contributed by atoms with Crippen LogP contribution >= 0.6 is 23.4 Å². The van der Waals surface area contributed by atoms with E-state index < -0.39 is 17.3 Å². The first kappa shape index (κ1) is 14.7. The van der Waals surface area contributed by atoms with Crippen LogP contribution in [-0.2, 0) is 4.79 Å². The molecule has 2 heterocycles. The van der Waals surface area contributed by atoms with Gasteiger partial charge in [0.25, 0.3) is 0 Å². The number of halogens is 2. The van der Waals surface area contributed by atoms with Gasteiger partial charge in [-0.15, -0.1) is 0 Å². The molecule has 1 atom stereocenters. The van der Waals surface area contributed by atoms with Crippen LogP contribution in [0, 0.1) is 11.7 Å². The van der Waals surface area contributed by atoms with Gasteiger partial charge in [0.1, 0.15) is 5.82 Å². The van der Waals surface area contributed by atoms with Crippen molar-refractivity contribution < 1.29 is 14.3 Å². The predicted molar refractivity (Wildman–Crippen MR) is 81.9 cm³/mol. The molecule has 0 saturated heterocycles. The van der Waals surface area contributed by atoms with E-state index in [2.05, 4.69) is 4.99 Å². The van der Waals surface area contributed by atoms with Gasteiger partial charge in [-0.2, -0.15) is 0 Å². The van der Waals surface area contributed by atoms with Crippen molar-refractivity contribution in [2.24, 2.45) is 10.9 Å². The fraction of sp³-hybridized carbons (Fsp3) is 0.429. The quantitative estimate of drug-likeness (QED) is 0.920. The Labute approximate surface area is 131 Å². The number of rotatable bonds is 3. The normalized spacial score (nSPS) is 23.3. The van der Waals surface area contributed by atoms with Crippen molar-refractivity contribution in [1.29, 1.82) is 0 Å². The minimum Gasteiger partial charge on any atom is -0.479 e. The number of anilines is 1. The van der Waals surface area contributed by atoms with Crippen LogP contribution in [-0.4, -0.2) is 28.3 Å². The maximum Gasteiger partial charge on any atom is 0.333 e. The molecule has 1 aromatic rings. The zero-order valence-electron chi connectivity index (χ0n) is 11.6. The van der Waals surface area contributed by atoms with E-state index in [1.54, 1.807) is 6.07 Å². The van der Waals surface area contributed by atoms with E-state index in [1.807, 2.05) is 18.7 Å². The van der Waals surface area contributed by atoms with Crippen molar-refractivity contribution >= 4 is 40.2 Å². The van der Waals surface area contributed by atoms with Crippen LogP contribution in [0.1, 0.15) is 20.3 Å². The van der Waals surface area contributed by atoms with E-state index in [4.69, 9.17) is 11.6 Å². The minimum absolute atomic E-state index is 0.0689. The maximum atomic E-state index is 13.5. The van der Waals surface area contributed by atoms with E-state index >= 15 is 0 Å². The fourth-order valence-corrected chi connectivity index (χ4v) is 4.21. The lowest BCUT2D eigenvalue weighted by molar-refractivity contribution is -0.143. The van der Waals surface area contributed by atoms with Gasteiger partial charge in [0.05, 0.1) is 22.2 Å². The van der Waals surface area contributed by atoms with Gasteiger partial charge < -0.3 is 10.0 Å². The molecule has 21 heavy (non-hydrogen) atoms. The Morgan fingerprint density at radius 3 is 2.95 bits per heavy atom. The number of hydrogen-bond acceptors (Lipinski definition) is 4. The first-order valence-corrected chi connectivity index (χ1v) is 7.80. The fourth-order valence-electron chi connectivity index (χ4n) is 2.79. The Morgan fingerprint density at radius 1 is 1.62 bits per heavy atom. The SMILES string of the molecule is CC(C)CC1(C(=O)O)CN2C(=N1)Sc1c2ccc(F)c1Cl. The molecule has 0 fully saturated rings. The minimum atomic E-state index is -1.13. The predicted octanol–water partition coefficient (Wildman–Crippen LogP) is 3.63. The zero-order chi connectivity index (χ0) is 15.4. The molecule has 0 aliphatic carbocycles. The number of benzene rings is 1. The Balaban J connectivity index is 2.01. The number of amidine groups is 1. The smallest absolute Gasteiger partial charge is 0.333 e. The van der Waals surface area contributed by atoms with Crippen molar-refractivity contribution in [3.8, 4) is 0 Å². The summed E-state index contributed by atoms with van der Waals surface area (Å²) in [5, 5.41) is 10.2. The molecule has 2 aliphatic rings. The molecule has 1 unspecified atom stereocenters. The summed E-state index contributed by atoms with van der Waals surface area (Å²) in [7, 11) is 0. The third kappa shape index (κ3) is 2.21. The van der Waals surface area contributed by atoms with Gasteiger partial charge in [0.2, 0.25) is 0 Å². The van der Waals surface area contributed by atoms with E-state index in [0.717, 1.165) is 5.69 Å². The Morgan fingerprint density at radius 2 is 2.33 bits per heavy atom. The van der Waals surface area contributed by atoms with E-state index in [1.165, 1.54) is 17.8 Å². The van der Waals surface area contributed by atoms with Crippen LogP contribution in [0.15, 0.2) is 22.0 Å². The second-order valence-electron chi connectivity index (χ2n) is 5.73. The number of carbonyl (C=O) groups is 1. The van der Waals surface area contributed by atoms with E-state index in [-0.39, 0.29) is 17.5 Å². The molecule has 3 rings (SSSR count). The van der Waals surface area contributed by atoms with Crippen LogP contribution in [0.5, 0.6) is 0 Å². The molecule has 4 nitrogen and oxygen atoms in total. The molecule has 0 bridgehead atoms. The van der Waals surface area contributed by atoms with Gasteiger partial charge in [0.15, 0.2) is 10.7 Å². The second kappa shape index (κ2) is 4.88. The molecule has 0 spiro atoms. The van der Waals surface area contributed by atoms with Gasteiger partial charge >= 0.3 is 5.97 Å². The van der Waals surface area contributed by atoms with Crippen molar-refractivity contribution in [3.05, 3.63) is 23.0 Å². The zero-order valence-corrected chi connectivity index (χ0v) is 13.1. The number of aliphatic carboxylic acids is 1. The molecule has 112 valence electrons. The van der Waals surface area contributed by atoms with Gasteiger partial charge in [-0.25, -0.2) is 14.2 Å². The average Bonchev–Trinajstić information content (AvgIpc) is 2.89. The van der Waals surface area contributed by atoms with Crippen LogP contribution in [0.25, 0.3) is 0 Å². The Kier molecular flexibility index (Phi) is 3.41. The standard InChI is InChI=1S/C14H14ClFN2O2S/c1-7(2)5-14(12(19)20)6-18-9-4-3-8(16)10(15)11(9)21-13(18)17-14/h3-4,7H,5-6H2,1-2H3,(H,19,20). The Hall–Kier alpha value is -1.27. The lowest BCUT2D eigenvalue weighted by Gasteiger charge is -2.25. The molecule has 0 aromatic heterocycles. The second-order valence-corrected chi connectivity index (χ2v) is 7.08. The van der Waals surface area contributed by atoms with Crippen molar-refractivity contribution in [1.82, 2.24) is 0 Å². The maximum absolute atomic E-state index is 13.5. The molecule has 1 N–H and O–H groups in total. The lowest BCUT2D eigenvalue weighted by Crippen LogP contribution is -2.43. The topological polar surface area (TPSA) is 52.9 Å². The lowest BCUT2D eigenvalue weighted by atomic mass is 9.89. The van der Waals surface area contributed by atoms with Crippen LogP contribution in [0.2, 0.25) is 5.02 Å². The summed E-state index contributed by atoms with van der Waals surface area (Å²) < 4.78 is 13.5. The van der Waals surface area contributed by atoms with Gasteiger partial charge in [-0.05, 0) is 36.2 Å². The molecular weight excluding hydrogens is 315 g/mol. The van der Waals surface area contributed by atoms with Crippen LogP contribution in [0.4, 0.5) is 10.1 Å². The summed E-state index contributed by atoms with van der Waals surface area (Å²) in [5.74, 6) is -1.18. The summed E-state index contributed by atoms with van der Waals surface area (Å²) in [6.45, 7) is 4.21. The summed E-state index contributed by atoms with van der Waals surface area (Å²) in [5.41, 5.74) is -0.397. The van der Waals surface area contributed by atoms with Crippen molar-refractivity contribution in [3.63, 3.8) is 0 Å². The number of nitrogens with zero attached hydrogens (tertiary/aromatic N) is 2. The monoisotopic (exact) mass is 328 g/mol. The van der Waals surface area contributed by atoms with Crippen LogP contribution in [0.3, 0.4) is 0 Å². The number of hydrogen-bond donors (Lipinski definition) is 1. The number of fused-ring (bicyclic) bond motifs is 3. The van der Waals surface area contributed by atoms with Gasteiger partial charge in [-0.3, -0.25) is 0 Å². The number of carboxylic acid groups (broad SMARTS) is 1. The highest BCUT2D eigenvalue weighted by atomic mass is 35.5. The highest BCUT2D eigenvalue weighted by Gasteiger charge is 2.49. The highest BCUT2D eigenvalue weighted by molar-refractivity contribution is 8.15. The first-order chi connectivity index (χ1) is 9.84. The molecule has 1 aromatic carbocycles. The van der Waals surface area contributed by atoms with Crippen molar-refractivity contribution in [2.75, 3.05) is 11.4 Å². The summed E-state index contributed by atoms with van der Waals surface area (Å²) in [4.78, 5) is 18.6. The average molecular weight is 329 g/mol.